The molecule has 0 saturated heterocycles. The fourth-order valence-corrected chi connectivity index (χ4v) is 2.01. The van der Waals surface area contributed by atoms with Crippen LogP contribution < -0.4 is 5.32 Å². The van der Waals surface area contributed by atoms with Gasteiger partial charge in [-0.3, -0.25) is 9.48 Å². The number of aliphatic hydroxyl groups is 1. The molecule has 2 aromatic heterocycles. The SMILES string of the molecule is Cc1nn(C)c2ncc(C(=O)NC(C)CCO)cc12. The van der Waals surface area contributed by atoms with Gasteiger partial charge in [-0.05, 0) is 26.3 Å². The minimum Gasteiger partial charge on any atom is -0.396 e. The van der Waals surface area contributed by atoms with Crippen LogP contribution in [-0.4, -0.2) is 38.4 Å². The Morgan fingerprint density at radius 1 is 1.58 bits per heavy atom. The maximum Gasteiger partial charge on any atom is 0.253 e. The molecule has 0 fully saturated rings. The first kappa shape index (κ1) is 13.5. The van der Waals surface area contributed by atoms with Crippen molar-refractivity contribution in [3.63, 3.8) is 0 Å². The van der Waals surface area contributed by atoms with Crippen LogP contribution in [0, 0.1) is 6.92 Å². The zero-order valence-corrected chi connectivity index (χ0v) is 11.3. The van der Waals surface area contributed by atoms with E-state index in [2.05, 4.69) is 15.4 Å². The Balaban J connectivity index is 2.25. The summed E-state index contributed by atoms with van der Waals surface area (Å²) < 4.78 is 1.70. The Hall–Kier alpha value is -1.95. The molecule has 0 aromatic carbocycles. The van der Waals surface area contributed by atoms with Crippen molar-refractivity contribution >= 4 is 16.9 Å². The van der Waals surface area contributed by atoms with E-state index in [1.54, 1.807) is 16.9 Å². The number of amides is 1. The summed E-state index contributed by atoms with van der Waals surface area (Å²) in [6.45, 7) is 3.80. The number of aromatic nitrogens is 3. The maximum atomic E-state index is 12.0. The summed E-state index contributed by atoms with van der Waals surface area (Å²) >= 11 is 0. The van der Waals surface area contributed by atoms with Gasteiger partial charge in [0.05, 0.1) is 11.3 Å². The van der Waals surface area contributed by atoms with Crippen LogP contribution in [0.1, 0.15) is 29.4 Å². The van der Waals surface area contributed by atoms with Crippen molar-refractivity contribution in [3.8, 4) is 0 Å². The lowest BCUT2D eigenvalue weighted by molar-refractivity contribution is 0.0934. The smallest absolute Gasteiger partial charge is 0.253 e. The van der Waals surface area contributed by atoms with Gasteiger partial charge in [-0.15, -0.1) is 0 Å². The molecule has 0 radical (unpaired) electrons. The number of hydrogen-bond acceptors (Lipinski definition) is 4. The van der Waals surface area contributed by atoms with Gasteiger partial charge in [0.15, 0.2) is 5.65 Å². The molecule has 0 saturated carbocycles. The van der Waals surface area contributed by atoms with E-state index < -0.39 is 0 Å². The average Bonchev–Trinajstić information content (AvgIpc) is 2.65. The molecule has 0 aliphatic carbocycles. The molecule has 6 heteroatoms. The molecule has 0 aliphatic heterocycles. The van der Waals surface area contributed by atoms with Crippen molar-refractivity contribution in [2.45, 2.75) is 26.3 Å². The number of nitrogens with zero attached hydrogens (tertiary/aromatic N) is 3. The highest BCUT2D eigenvalue weighted by molar-refractivity contribution is 5.97. The van der Waals surface area contributed by atoms with Crippen molar-refractivity contribution < 1.29 is 9.90 Å². The van der Waals surface area contributed by atoms with E-state index in [9.17, 15) is 4.79 Å². The summed E-state index contributed by atoms with van der Waals surface area (Å²) in [6.07, 6.45) is 2.08. The lowest BCUT2D eigenvalue weighted by atomic mass is 10.1. The Morgan fingerprint density at radius 2 is 2.32 bits per heavy atom. The summed E-state index contributed by atoms with van der Waals surface area (Å²) in [7, 11) is 1.82. The third-order valence-corrected chi connectivity index (χ3v) is 3.06. The van der Waals surface area contributed by atoms with Crippen molar-refractivity contribution in [2.24, 2.45) is 7.05 Å². The molecule has 19 heavy (non-hydrogen) atoms. The number of pyridine rings is 1. The van der Waals surface area contributed by atoms with E-state index in [0.717, 1.165) is 16.7 Å². The van der Waals surface area contributed by atoms with Crippen LogP contribution >= 0.6 is 0 Å². The zero-order valence-electron chi connectivity index (χ0n) is 11.3. The summed E-state index contributed by atoms with van der Waals surface area (Å²) in [4.78, 5) is 16.3. The largest absolute Gasteiger partial charge is 0.396 e. The van der Waals surface area contributed by atoms with Crippen molar-refractivity contribution in [1.82, 2.24) is 20.1 Å². The number of carbonyl (C=O) groups is 1. The van der Waals surface area contributed by atoms with E-state index in [0.29, 0.717) is 12.0 Å². The standard InChI is InChI=1S/C13H18N4O2/c1-8(4-5-18)15-13(19)10-6-11-9(2)16-17(3)12(11)14-7-10/h6-8,18H,4-5H2,1-3H3,(H,15,19). The van der Waals surface area contributed by atoms with Gasteiger partial charge in [-0.1, -0.05) is 0 Å². The Labute approximate surface area is 111 Å². The summed E-state index contributed by atoms with van der Waals surface area (Å²) in [5.41, 5.74) is 2.12. The Kier molecular flexibility index (Phi) is 3.80. The molecule has 6 nitrogen and oxygen atoms in total. The van der Waals surface area contributed by atoms with Crippen LogP contribution in [-0.2, 0) is 7.05 Å². The molecule has 0 spiro atoms. The fourth-order valence-electron chi connectivity index (χ4n) is 2.01. The van der Waals surface area contributed by atoms with Gasteiger partial charge in [0.2, 0.25) is 0 Å². The van der Waals surface area contributed by atoms with Gasteiger partial charge in [-0.2, -0.15) is 5.10 Å². The van der Waals surface area contributed by atoms with Gasteiger partial charge in [0.1, 0.15) is 0 Å². The molecular weight excluding hydrogens is 244 g/mol. The normalized spacial score (nSPS) is 12.6. The second kappa shape index (κ2) is 5.36. The van der Waals surface area contributed by atoms with E-state index in [1.165, 1.54) is 0 Å². The molecule has 1 atom stereocenters. The Bertz CT molecular complexity index is 606. The molecule has 2 aromatic rings. The van der Waals surface area contributed by atoms with Gasteiger partial charge in [-0.25, -0.2) is 4.98 Å². The number of rotatable bonds is 4. The van der Waals surface area contributed by atoms with E-state index >= 15 is 0 Å². The molecule has 1 unspecified atom stereocenters. The monoisotopic (exact) mass is 262 g/mol. The second-order valence-electron chi connectivity index (χ2n) is 4.69. The molecule has 0 bridgehead atoms. The first-order valence-corrected chi connectivity index (χ1v) is 6.24. The van der Waals surface area contributed by atoms with Crippen molar-refractivity contribution in [3.05, 3.63) is 23.5 Å². The van der Waals surface area contributed by atoms with Crippen molar-refractivity contribution in [2.75, 3.05) is 6.61 Å². The zero-order chi connectivity index (χ0) is 14.0. The fraction of sp³-hybridized carbons (Fsp3) is 0.462. The number of aryl methyl sites for hydroxylation is 2. The van der Waals surface area contributed by atoms with Gasteiger partial charge >= 0.3 is 0 Å². The highest BCUT2D eigenvalue weighted by atomic mass is 16.3. The number of fused-ring (bicyclic) bond motifs is 1. The average molecular weight is 262 g/mol. The number of hydrogen-bond donors (Lipinski definition) is 2. The van der Waals surface area contributed by atoms with Crippen molar-refractivity contribution in [1.29, 1.82) is 0 Å². The lowest BCUT2D eigenvalue weighted by Crippen LogP contribution is -2.33. The minimum atomic E-state index is -0.182. The first-order chi connectivity index (χ1) is 9.02. The number of aliphatic hydroxyl groups excluding tert-OH is 1. The lowest BCUT2D eigenvalue weighted by Gasteiger charge is -2.12. The van der Waals surface area contributed by atoms with Gasteiger partial charge in [0.25, 0.3) is 5.91 Å². The predicted octanol–water partition coefficient (Wildman–Crippen LogP) is 0.777. The molecule has 0 aliphatic rings. The predicted molar refractivity (Wildman–Crippen MR) is 71.9 cm³/mol. The molecule has 102 valence electrons. The number of carbonyl (C=O) groups excluding carboxylic acids is 1. The molecule has 1 amide bonds. The van der Waals surface area contributed by atoms with Crippen LogP contribution in [0.4, 0.5) is 0 Å². The minimum absolute atomic E-state index is 0.0560. The van der Waals surface area contributed by atoms with Crippen LogP contribution in [0.2, 0.25) is 0 Å². The highest BCUT2D eigenvalue weighted by Crippen LogP contribution is 2.16. The quantitative estimate of drug-likeness (QED) is 0.853. The summed E-state index contributed by atoms with van der Waals surface area (Å²) in [6, 6.07) is 1.73. The van der Waals surface area contributed by atoms with Gasteiger partial charge < -0.3 is 10.4 Å². The Morgan fingerprint density at radius 3 is 3.00 bits per heavy atom. The maximum absolute atomic E-state index is 12.0. The van der Waals surface area contributed by atoms with Crippen LogP contribution in [0.15, 0.2) is 12.3 Å². The molecule has 2 heterocycles. The van der Waals surface area contributed by atoms with Crippen LogP contribution in [0.3, 0.4) is 0 Å². The van der Waals surface area contributed by atoms with Crippen LogP contribution in [0.25, 0.3) is 11.0 Å². The third-order valence-electron chi connectivity index (χ3n) is 3.06. The van der Waals surface area contributed by atoms with Gasteiger partial charge in [0, 0.05) is 31.3 Å². The van der Waals surface area contributed by atoms with E-state index in [1.807, 2.05) is 20.9 Å². The first-order valence-electron chi connectivity index (χ1n) is 6.24. The van der Waals surface area contributed by atoms with Crippen LogP contribution in [0.5, 0.6) is 0 Å². The second-order valence-corrected chi connectivity index (χ2v) is 4.69. The third kappa shape index (κ3) is 2.73. The summed E-state index contributed by atoms with van der Waals surface area (Å²) in [5.74, 6) is -0.182. The van der Waals surface area contributed by atoms with E-state index in [4.69, 9.17) is 5.11 Å². The summed E-state index contributed by atoms with van der Waals surface area (Å²) in [5, 5.41) is 16.8. The molecule has 2 rings (SSSR count). The molecular formula is C13H18N4O2. The topological polar surface area (TPSA) is 80.0 Å². The van der Waals surface area contributed by atoms with E-state index in [-0.39, 0.29) is 18.6 Å². The molecule has 2 N–H and O–H groups in total. The number of nitrogens with one attached hydrogen (secondary N) is 1. The highest BCUT2D eigenvalue weighted by Gasteiger charge is 2.13.